The van der Waals surface area contributed by atoms with Crippen LogP contribution < -0.4 is 5.73 Å². The van der Waals surface area contributed by atoms with Crippen LogP contribution in [-0.2, 0) is 5.41 Å². The van der Waals surface area contributed by atoms with E-state index in [1.54, 1.807) is 6.20 Å². The molecule has 0 aliphatic rings. The molecule has 0 bridgehead atoms. The van der Waals surface area contributed by atoms with Gasteiger partial charge in [0.2, 0.25) is 0 Å². The number of hydrogen-bond donors (Lipinski definition) is 1. The molecule has 126 valence electrons. The first-order valence-corrected chi connectivity index (χ1v) is 8.71. The van der Waals surface area contributed by atoms with E-state index in [0.717, 1.165) is 22.3 Å². The van der Waals surface area contributed by atoms with Crippen molar-refractivity contribution in [2.24, 2.45) is 0 Å². The van der Waals surface area contributed by atoms with Gasteiger partial charge >= 0.3 is 0 Å². The van der Waals surface area contributed by atoms with E-state index in [-0.39, 0.29) is 0 Å². The van der Waals surface area contributed by atoms with Crippen molar-refractivity contribution in [2.75, 3.05) is 5.73 Å². The van der Waals surface area contributed by atoms with Gasteiger partial charge in [0.1, 0.15) is 5.82 Å². The van der Waals surface area contributed by atoms with Crippen molar-refractivity contribution in [1.82, 2.24) is 4.98 Å². The average Bonchev–Trinajstić information content (AvgIpc) is 2.72. The Morgan fingerprint density at radius 1 is 0.538 bits per heavy atom. The third-order valence-electron chi connectivity index (χ3n) is 4.86. The van der Waals surface area contributed by atoms with Gasteiger partial charge in [-0.1, -0.05) is 97.1 Å². The second kappa shape index (κ2) is 6.85. The quantitative estimate of drug-likeness (QED) is 0.530. The molecule has 1 heterocycles. The number of rotatable bonds is 4. The van der Waals surface area contributed by atoms with Crippen molar-refractivity contribution in [2.45, 2.75) is 5.41 Å². The molecule has 0 fully saturated rings. The minimum atomic E-state index is -0.526. The summed E-state index contributed by atoms with van der Waals surface area (Å²) in [5, 5.41) is 0. The number of aromatic nitrogens is 1. The lowest BCUT2D eigenvalue weighted by molar-refractivity contribution is 0.744. The van der Waals surface area contributed by atoms with Gasteiger partial charge < -0.3 is 5.73 Å². The molecule has 0 radical (unpaired) electrons. The predicted molar refractivity (Wildman–Crippen MR) is 107 cm³/mol. The van der Waals surface area contributed by atoms with Crippen LogP contribution in [0.5, 0.6) is 0 Å². The molecule has 4 aromatic rings. The third-order valence-corrected chi connectivity index (χ3v) is 4.86. The van der Waals surface area contributed by atoms with E-state index >= 15 is 0 Å². The van der Waals surface area contributed by atoms with E-state index in [4.69, 9.17) is 5.73 Å². The van der Waals surface area contributed by atoms with Gasteiger partial charge in [-0.25, -0.2) is 4.98 Å². The van der Waals surface area contributed by atoms with Crippen molar-refractivity contribution < 1.29 is 0 Å². The summed E-state index contributed by atoms with van der Waals surface area (Å²) in [5.74, 6) is 0.545. The summed E-state index contributed by atoms with van der Waals surface area (Å²) in [5.41, 5.74) is 10.4. The summed E-state index contributed by atoms with van der Waals surface area (Å²) in [6.07, 6.45) is 1.74. The second-order valence-electron chi connectivity index (χ2n) is 6.28. The normalized spacial score (nSPS) is 11.2. The molecule has 0 amide bonds. The summed E-state index contributed by atoms with van der Waals surface area (Å²) < 4.78 is 0. The summed E-state index contributed by atoms with van der Waals surface area (Å²) in [4.78, 5) is 4.40. The predicted octanol–water partition coefficient (Wildman–Crippen LogP) is 5.05. The van der Waals surface area contributed by atoms with E-state index in [1.165, 1.54) is 0 Å². The zero-order chi connectivity index (χ0) is 17.8. The minimum Gasteiger partial charge on any atom is -0.383 e. The van der Waals surface area contributed by atoms with Gasteiger partial charge in [0.15, 0.2) is 0 Å². The van der Waals surface area contributed by atoms with E-state index in [9.17, 15) is 0 Å². The Labute approximate surface area is 154 Å². The van der Waals surface area contributed by atoms with Gasteiger partial charge in [-0.15, -0.1) is 0 Å². The third kappa shape index (κ3) is 2.56. The Kier molecular flexibility index (Phi) is 4.24. The van der Waals surface area contributed by atoms with Gasteiger partial charge in [0.05, 0.1) is 5.41 Å². The van der Waals surface area contributed by atoms with E-state index in [0.29, 0.717) is 5.82 Å². The van der Waals surface area contributed by atoms with Crippen LogP contribution >= 0.6 is 0 Å². The van der Waals surface area contributed by atoms with Crippen LogP contribution in [0.15, 0.2) is 109 Å². The Morgan fingerprint density at radius 2 is 0.962 bits per heavy atom. The Morgan fingerprint density at radius 3 is 1.35 bits per heavy atom. The molecule has 2 nitrogen and oxygen atoms in total. The zero-order valence-corrected chi connectivity index (χ0v) is 14.4. The smallest absolute Gasteiger partial charge is 0.128 e. The van der Waals surface area contributed by atoms with Crippen LogP contribution in [0.4, 0.5) is 5.82 Å². The van der Waals surface area contributed by atoms with Gasteiger partial charge in [-0.2, -0.15) is 0 Å². The molecule has 2 heteroatoms. The van der Waals surface area contributed by atoms with Crippen molar-refractivity contribution in [3.05, 3.63) is 132 Å². The van der Waals surface area contributed by atoms with E-state index in [1.807, 2.05) is 24.3 Å². The van der Waals surface area contributed by atoms with Crippen LogP contribution in [0.3, 0.4) is 0 Å². The van der Waals surface area contributed by atoms with E-state index < -0.39 is 5.41 Å². The largest absolute Gasteiger partial charge is 0.383 e. The van der Waals surface area contributed by atoms with Crippen LogP contribution in [0, 0.1) is 0 Å². The monoisotopic (exact) mass is 336 g/mol. The highest BCUT2D eigenvalue weighted by molar-refractivity contribution is 5.64. The molecule has 0 spiro atoms. The number of pyridine rings is 1. The molecule has 3 aromatic carbocycles. The maximum Gasteiger partial charge on any atom is 0.128 e. The SMILES string of the molecule is Nc1ncccc1C(c1ccccc1)(c1ccccc1)c1ccccc1. The molecule has 4 rings (SSSR count). The van der Waals surface area contributed by atoms with Crippen LogP contribution in [-0.4, -0.2) is 4.98 Å². The number of nitrogen functional groups attached to an aromatic ring is 1. The summed E-state index contributed by atoms with van der Waals surface area (Å²) in [6.45, 7) is 0. The van der Waals surface area contributed by atoms with Gasteiger partial charge in [0, 0.05) is 11.8 Å². The number of nitrogens with two attached hydrogens (primary N) is 1. The highest BCUT2D eigenvalue weighted by Gasteiger charge is 2.39. The van der Waals surface area contributed by atoms with Crippen molar-refractivity contribution in [3.63, 3.8) is 0 Å². The first-order valence-electron chi connectivity index (χ1n) is 8.71. The number of anilines is 1. The number of benzene rings is 3. The van der Waals surface area contributed by atoms with Gasteiger partial charge in [-0.3, -0.25) is 0 Å². The zero-order valence-electron chi connectivity index (χ0n) is 14.4. The fourth-order valence-electron chi connectivity index (χ4n) is 3.77. The fraction of sp³-hybridized carbons (Fsp3) is 0.0417. The van der Waals surface area contributed by atoms with Crippen LogP contribution in [0.1, 0.15) is 22.3 Å². The lowest BCUT2D eigenvalue weighted by Crippen LogP contribution is -2.32. The summed E-state index contributed by atoms with van der Waals surface area (Å²) in [7, 11) is 0. The maximum absolute atomic E-state index is 6.41. The molecule has 0 unspecified atom stereocenters. The Bertz CT molecular complexity index is 883. The molecular weight excluding hydrogens is 316 g/mol. The highest BCUT2D eigenvalue weighted by Crippen LogP contribution is 2.46. The maximum atomic E-state index is 6.41. The number of nitrogens with zero attached hydrogens (tertiary/aromatic N) is 1. The molecule has 0 aliphatic heterocycles. The molecule has 0 atom stereocenters. The molecule has 1 aromatic heterocycles. The molecule has 0 saturated heterocycles. The van der Waals surface area contributed by atoms with Crippen LogP contribution in [0.25, 0.3) is 0 Å². The van der Waals surface area contributed by atoms with Gasteiger partial charge in [0.25, 0.3) is 0 Å². The Balaban J connectivity index is 2.17. The lowest BCUT2D eigenvalue weighted by Gasteiger charge is -2.37. The molecule has 26 heavy (non-hydrogen) atoms. The van der Waals surface area contributed by atoms with Crippen molar-refractivity contribution in [1.29, 1.82) is 0 Å². The van der Waals surface area contributed by atoms with E-state index in [2.05, 4.69) is 83.8 Å². The first-order chi connectivity index (χ1) is 12.8. The fourth-order valence-corrected chi connectivity index (χ4v) is 3.77. The highest BCUT2D eigenvalue weighted by atomic mass is 14.8. The average molecular weight is 336 g/mol. The first kappa shape index (κ1) is 16.1. The van der Waals surface area contributed by atoms with Gasteiger partial charge in [-0.05, 0) is 22.8 Å². The van der Waals surface area contributed by atoms with Crippen molar-refractivity contribution >= 4 is 5.82 Å². The molecule has 2 N–H and O–H groups in total. The molecule has 0 aliphatic carbocycles. The topological polar surface area (TPSA) is 38.9 Å². The second-order valence-corrected chi connectivity index (χ2v) is 6.28. The molecular formula is C24H20N2. The Hall–Kier alpha value is -3.39. The van der Waals surface area contributed by atoms with Crippen molar-refractivity contribution in [3.8, 4) is 0 Å². The minimum absolute atomic E-state index is 0.526. The number of hydrogen-bond acceptors (Lipinski definition) is 2. The molecule has 0 saturated carbocycles. The standard InChI is InChI=1S/C24H20N2/c25-23-22(17-10-18-26-23)24(19-11-4-1-5-12-19,20-13-6-2-7-14-20)21-15-8-3-9-16-21/h1-18H,(H2,25,26). The summed E-state index contributed by atoms with van der Waals surface area (Å²) in [6, 6.07) is 35.5. The van der Waals surface area contributed by atoms with Crippen LogP contribution in [0.2, 0.25) is 0 Å². The lowest BCUT2D eigenvalue weighted by atomic mass is 9.65. The summed E-state index contributed by atoms with van der Waals surface area (Å²) >= 11 is 0.